The molecule has 0 aliphatic heterocycles. The monoisotopic (exact) mass is 562 g/mol. The minimum atomic E-state index is -1.15. The van der Waals surface area contributed by atoms with Crippen molar-refractivity contribution >= 4 is 27.7 Å². The van der Waals surface area contributed by atoms with E-state index in [-0.39, 0.29) is 28.6 Å². The summed E-state index contributed by atoms with van der Waals surface area (Å²) in [7, 11) is 0. The molecule has 3 aliphatic rings. The lowest BCUT2D eigenvalue weighted by Crippen LogP contribution is -2.38. The molecular weight excluding hydrogens is 516 g/mol. The van der Waals surface area contributed by atoms with E-state index in [1.54, 1.807) is 5.57 Å². The number of hydrogen-bond acceptors (Lipinski definition) is 4. The molecule has 5 atom stereocenters. The standard InChI is InChI=1S/C31H47BrO4/c1-6-31(35,7-2)28(33)17-11-22(4)26-15-16-27-23(9-8-18-30(26,27)5)12-13-24-19-25(14-10-21(24)3)36-29(34)20-32/h12-13,22,25-27,35H,3,6-11,14-20H2,1-2,4-5H3/b23-12+,24-13-/t22-,25-,26+,27?,30?/m0/s1. The molecule has 1 N–H and O–H groups in total. The van der Waals surface area contributed by atoms with Crippen molar-refractivity contribution in [2.24, 2.45) is 23.2 Å². The Morgan fingerprint density at radius 1 is 1.22 bits per heavy atom. The maximum absolute atomic E-state index is 12.7. The van der Waals surface area contributed by atoms with Crippen molar-refractivity contribution in [2.75, 3.05) is 5.33 Å². The number of carbonyl (C=O) groups excluding carboxylic acids is 2. The number of halogens is 1. The second-order valence-electron chi connectivity index (χ2n) is 11.8. The van der Waals surface area contributed by atoms with Crippen molar-refractivity contribution in [2.45, 2.75) is 116 Å². The van der Waals surface area contributed by atoms with E-state index in [2.05, 4.69) is 48.5 Å². The Labute approximate surface area is 227 Å². The van der Waals surface area contributed by atoms with Gasteiger partial charge in [-0.1, -0.05) is 73.5 Å². The zero-order valence-corrected chi connectivity index (χ0v) is 24.5. The number of esters is 1. The number of fused-ring (bicyclic) bond motifs is 1. The molecule has 202 valence electrons. The predicted octanol–water partition coefficient (Wildman–Crippen LogP) is 7.64. The van der Waals surface area contributed by atoms with Gasteiger partial charge in [0.15, 0.2) is 5.78 Å². The van der Waals surface area contributed by atoms with E-state index in [0.717, 1.165) is 32.1 Å². The van der Waals surface area contributed by atoms with Gasteiger partial charge in [-0.2, -0.15) is 0 Å². The summed E-state index contributed by atoms with van der Waals surface area (Å²) < 4.78 is 5.58. The molecule has 0 aromatic carbocycles. The van der Waals surface area contributed by atoms with E-state index >= 15 is 0 Å². The summed E-state index contributed by atoms with van der Waals surface area (Å²) in [4.78, 5) is 24.4. The van der Waals surface area contributed by atoms with Crippen LogP contribution in [0.4, 0.5) is 0 Å². The molecule has 0 saturated heterocycles. The number of carbonyl (C=O) groups is 2. The van der Waals surface area contributed by atoms with Gasteiger partial charge in [0, 0.05) is 12.8 Å². The highest BCUT2D eigenvalue weighted by Gasteiger charge is 2.50. The molecule has 5 heteroatoms. The van der Waals surface area contributed by atoms with Gasteiger partial charge in [-0.05, 0) is 93.0 Å². The van der Waals surface area contributed by atoms with Crippen LogP contribution >= 0.6 is 15.9 Å². The number of rotatable bonds is 10. The summed E-state index contributed by atoms with van der Waals surface area (Å²) in [6.45, 7) is 12.9. The number of ketones is 1. The van der Waals surface area contributed by atoms with Gasteiger partial charge >= 0.3 is 5.97 Å². The van der Waals surface area contributed by atoms with E-state index in [1.807, 2.05) is 13.8 Å². The van der Waals surface area contributed by atoms with Crippen LogP contribution in [-0.4, -0.2) is 33.9 Å². The molecule has 0 spiro atoms. The Hall–Kier alpha value is -1.20. The van der Waals surface area contributed by atoms with Crippen LogP contribution in [0.25, 0.3) is 0 Å². The highest BCUT2D eigenvalue weighted by atomic mass is 79.9. The quantitative estimate of drug-likeness (QED) is 0.219. The summed E-state index contributed by atoms with van der Waals surface area (Å²) >= 11 is 3.19. The third kappa shape index (κ3) is 6.43. The van der Waals surface area contributed by atoms with Crippen molar-refractivity contribution in [3.05, 3.63) is 35.5 Å². The topological polar surface area (TPSA) is 63.6 Å². The van der Waals surface area contributed by atoms with Crippen LogP contribution in [0.3, 0.4) is 0 Å². The second-order valence-corrected chi connectivity index (χ2v) is 12.4. The first-order valence-electron chi connectivity index (χ1n) is 14.2. The van der Waals surface area contributed by atoms with E-state index in [0.29, 0.717) is 37.0 Å². The molecular formula is C31H47BrO4. The normalized spacial score (nSPS) is 31.9. The van der Waals surface area contributed by atoms with Gasteiger partial charge in [-0.3, -0.25) is 9.59 Å². The Kier molecular flexibility index (Phi) is 10.2. The summed E-state index contributed by atoms with van der Waals surface area (Å²) in [5, 5.41) is 10.8. The molecule has 0 aromatic heterocycles. The van der Waals surface area contributed by atoms with Gasteiger partial charge in [-0.25, -0.2) is 0 Å². The fraction of sp³-hybridized carbons (Fsp3) is 0.742. The zero-order valence-electron chi connectivity index (χ0n) is 22.9. The van der Waals surface area contributed by atoms with Gasteiger partial charge in [0.2, 0.25) is 0 Å². The van der Waals surface area contributed by atoms with E-state index < -0.39 is 5.60 Å². The Bertz CT molecular complexity index is 883. The summed E-state index contributed by atoms with van der Waals surface area (Å²) in [6, 6.07) is 0. The largest absolute Gasteiger partial charge is 0.461 e. The fourth-order valence-corrected chi connectivity index (χ4v) is 7.48. The smallest absolute Gasteiger partial charge is 0.316 e. The molecule has 3 fully saturated rings. The first-order chi connectivity index (χ1) is 17.1. The van der Waals surface area contributed by atoms with Crippen molar-refractivity contribution in [3.63, 3.8) is 0 Å². The lowest BCUT2D eigenvalue weighted by Gasteiger charge is -2.44. The van der Waals surface area contributed by atoms with Gasteiger partial charge in [0.1, 0.15) is 17.0 Å². The first-order valence-corrected chi connectivity index (χ1v) is 15.3. The molecule has 2 unspecified atom stereocenters. The average molecular weight is 564 g/mol. The van der Waals surface area contributed by atoms with Gasteiger partial charge in [0.25, 0.3) is 0 Å². The minimum absolute atomic E-state index is 0.0164. The second kappa shape index (κ2) is 12.6. The zero-order chi connectivity index (χ0) is 26.5. The van der Waals surface area contributed by atoms with Gasteiger partial charge < -0.3 is 9.84 Å². The molecule has 3 saturated carbocycles. The van der Waals surface area contributed by atoms with Gasteiger partial charge in [0.05, 0.1) is 0 Å². The Balaban J connectivity index is 1.68. The van der Waals surface area contributed by atoms with Crippen LogP contribution < -0.4 is 0 Å². The van der Waals surface area contributed by atoms with Crippen molar-refractivity contribution < 1.29 is 19.4 Å². The molecule has 0 radical (unpaired) electrons. The highest BCUT2D eigenvalue weighted by molar-refractivity contribution is 9.09. The first kappa shape index (κ1) is 29.4. The van der Waals surface area contributed by atoms with E-state index in [9.17, 15) is 14.7 Å². The van der Waals surface area contributed by atoms with E-state index in [1.165, 1.54) is 36.8 Å². The highest BCUT2D eigenvalue weighted by Crippen LogP contribution is 2.60. The Morgan fingerprint density at radius 3 is 2.61 bits per heavy atom. The molecule has 0 bridgehead atoms. The van der Waals surface area contributed by atoms with Crippen LogP contribution in [0.1, 0.15) is 105 Å². The van der Waals surface area contributed by atoms with Crippen LogP contribution in [0, 0.1) is 23.2 Å². The lowest BCUT2D eigenvalue weighted by molar-refractivity contribution is -0.146. The summed E-state index contributed by atoms with van der Waals surface area (Å²) in [5.74, 6) is 1.49. The van der Waals surface area contributed by atoms with Crippen LogP contribution in [-0.2, 0) is 14.3 Å². The minimum Gasteiger partial charge on any atom is -0.461 e. The molecule has 36 heavy (non-hydrogen) atoms. The summed E-state index contributed by atoms with van der Waals surface area (Å²) in [5.41, 5.74) is 3.06. The number of ether oxygens (including phenoxy) is 1. The lowest BCUT2D eigenvalue weighted by atomic mass is 9.60. The molecule has 3 rings (SSSR count). The maximum atomic E-state index is 12.7. The fourth-order valence-electron chi connectivity index (χ4n) is 7.35. The Morgan fingerprint density at radius 2 is 1.94 bits per heavy atom. The van der Waals surface area contributed by atoms with Crippen molar-refractivity contribution in [1.82, 2.24) is 0 Å². The van der Waals surface area contributed by atoms with Gasteiger partial charge in [-0.15, -0.1) is 0 Å². The van der Waals surface area contributed by atoms with Crippen LogP contribution in [0.15, 0.2) is 35.5 Å². The predicted molar refractivity (Wildman–Crippen MR) is 150 cm³/mol. The molecule has 4 nitrogen and oxygen atoms in total. The maximum Gasteiger partial charge on any atom is 0.316 e. The summed E-state index contributed by atoms with van der Waals surface area (Å²) in [6.07, 6.45) is 15.4. The average Bonchev–Trinajstić information content (AvgIpc) is 3.24. The number of hydrogen-bond donors (Lipinski definition) is 1. The number of aliphatic hydroxyl groups is 1. The molecule has 0 amide bonds. The van der Waals surface area contributed by atoms with Crippen molar-refractivity contribution in [1.29, 1.82) is 0 Å². The van der Waals surface area contributed by atoms with Crippen LogP contribution in [0.5, 0.6) is 0 Å². The molecule has 0 aromatic rings. The van der Waals surface area contributed by atoms with Crippen molar-refractivity contribution in [3.8, 4) is 0 Å². The number of Topliss-reactive ketones (excluding diaryl/α,β-unsaturated/α-hetero) is 1. The molecule has 3 aliphatic carbocycles. The number of allylic oxidation sites excluding steroid dienone is 4. The van der Waals surface area contributed by atoms with Crippen LogP contribution in [0.2, 0.25) is 0 Å². The van der Waals surface area contributed by atoms with E-state index in [4.69, 9.17) is 4.74 Å². The molecule has 0 heterocycles. The number of alkyl halides is 1. The third-order valence-electron chi connectivity index (χ3n) is 9.82. The third-order valence-corrected chi connectivity index (χ3v) is 10.3. The SMILES string of the molecule is C=C1CC[C@H](OC(=O)CBr)C/C1=C/C=C1\CCCC2(C)C1CC[C@@H]2[C@@H](C)CCC(=O)C(O)(CC)CC.